The molecule has 0 fully saturated rings. The summed E-state index contributed by atoms with van der Waals surface area (Å²) in [5.41, 5.74) is 2.64. The second-order valence-corrected chi connectivity index (χ2v) is 6.12. The number of carbonyl (C=O) groups is 1. The van der Waals surface area contributed by atoms with Gasteiger partial charge in [-0.1, -0.05) is 46.3 Å². The normalized spacial score (nSPS) is 11.3. The minimum Gasteiger partial charge on any atom is -0.396 e. The highest BCUT2D eigenvalue weighted by Crippen LogP contribution is 2.13. The molecule has 4 heteroatoms. The smallest absolute Gasteiger partial charge is 0.187 e. The zero-order valence-corrected chi connectivity index (χ0v) is 14.4. The van der Waals surface area contributed by atoms with E-state index in [0.717, 1.165) is 15.7 Å². The molecule has 23 heavy (non-hydrogen) atoms. The monoisotopic (exact) mass is 373 g/mol. The molecule has 2 aromatic rings. The van der Waals surface area contributed by atoms with E-state index in [9.17, 15) is 4.79 Å². The SMILES string of the molecule is O=C(/C=C(\CCCO)NCc1ccccc1)c1ccc(Br)cc1. The van der Waals surface area contributed by atoms with Gasteiger partial charge in [0, 0.05) is 35.0 Å². The Balaban J connectivity index is 2.06. The largest absolute Gasteiger partial charge is 0.396 e. The average Bonchev–Trinajstić information content (AvgIpc) is 2.58. The number of carbonyl (C=O) groups excluding carboxylic acids is 1. The summed E-state index contributed by atoms with van der Waals surface area (Å²) in [6.45, 7) is 0.766. The second kappa shape index (κ2) is 9.28. The van der Waals surface area contributed by atoms with Crippen LogP contribution in [0.3, 0.4) is 0 Å². The lowest BCUT2D eigenvalue weighted by atomic mass is 10.1. The first kappa shape index (κ1) is 17.4. The van der Waals surface area contributed by atoms with E-state index in [4.69, 9.17) is 5.11 Å². The summed E-state index contributed by atoms with van der Waals surface area (Å²) in [5, 5.41) is 12.3. The summed E-state index contributed by atoms with van der Waals surface area (Å²) in [7, 11) is 0. The number of aliphatic hydroxyl groups is 1. The highest BCUT2D eigenvalue weighted by atomic mass is 79.9. The number of nitrogens with one attached hydrogen (secondary N) is 1. The number of ketones is 1. The molecule has 0 saturated heterocycles. The van der Waals surface area contributed by atoms with Crippen molar-refractivity contribution in [2.75, 3.05) is 6.61 Å². The lowest BCUT2D eigenvalue weighted by Crippen LogP contribution is -2.15. The van der Waals surface area contributed by atoms with E-state index in [1.807, 2.05) is 42.5 Å². The van der Waals surface area contributed by atoms with Crippen molar-refractivity contribution in [2.45, 2.75) is 19.4 Å². The Morgan fingerprint density at radius 2 is 1.78 bits per heavy atom. The summed E-state index contributed by atoms with van der Waals surface area (Å²) >= 11 is 3.36. The zero-order valence-electron chi connectivity index (χ0n) is 12.8. The van der Waals surface area contributed by atoms with Crippen molar-refractivity contribution in [3.05, 3.63) is 82.0 Å². The quantitative estimate of drug-likeness (QED) is 0.541. The first-order valence-corrected chi connectivity index (χ1v) is 8.37. The van der Waals surface area contributed by atoms with Crippen molar-refractivity contribution in [1.82, 2.24) is 5.32 Å². The Morgan fingerprint density at radius 1 is 1.09 bits per heavy atom. The lowest BCUT2D eigenvalue weighted by Gasteiger charge is -2.11. The van der Waals surface area contributed by atoms with Gasteiger partial charge in [0.1, 0.15) is 0 Å². The molecule has 0 spiro atoms. The van der Waals surface area contributed by atoms with Crippen LogP contribution in [0.4, 0.5) is 0 Å². The molecule has 2 rings (SSSR count). The molecule has 0 aliphatic rings. The van der Waals surface area contributed by atoms with Gasteiger partial charge < -0.3 is 10.4 Å². The van der Waals surface area contributed by atoms with Crippen LogP contribution in [0.2, 0.25) is 0 Å². The van der Waals surface area contributed by atoms with Crippen LogP contribution in [0.25, 0.3) is 0 Å². The molecule has 120 valence electrons. The van der Waals surface area contributed by atoms with E-state index in [1.165, 1.54) is 0 Å². The minimum absolute atomic E-state index is 0.0361. The van der Waals surface area contributed by atoms with Crippen molar-refractivity contribution in [2.24, 2.45) is 0 Å². The Kier molecular flexibility index (Phi) is 7.04. The van der Waals surface area contributed by atoms with Crippen molar-refractivity contribution < 1.29 is 9.90 Å². The van der Waals surface area contributed by atoms with Crippen molar-refractivity contribution in [3.8, 4) is 0 Å². The van der Waals surface area contributed by atoms with Crippen LogP contribution in [-0.4, -0.2) is 17.5 Å². The molecule has 0 unspecified atom stereocenters. The molecular weight excluding hydrogens is 354 g/mol. The van der Waals surface area contributed by atoms with Gasteiger partial charge in [0.25, 0.3) is 0 Å². The summed E-state index contributed by atoms with van der Waals surface area (Å²) in [6.07, 6.45) is 2.90. The molecule has 0 bridgehead atoms. The molecule has 2 aromatic carbocycles. The predicted molar refractivity (Wildman–Crippen MR) is 96.2 cm³/mol. The summed E-state index contributed by atoms with van der Waals surface area (Å²) < 4.78 is 0.945. The van der Waals surface area contributed by atoms with Crippen LogP contribution >= 0.6 is 15.9 Å². The van der Waals surface area contributed by atoms with Crippen LogP contribution in [0, 0.1) is 0 Å². The molecule has 0 amide bonds. The molecular formula is C19H20BrNO2. The number of halogens is 1. The third-order valence-electron chi connectivity index (χ3n) is 3.40. The topological polar surface area (TPSA) is 49.3 Å². The van der Waals surface area contributed by atoms with Gasteiger partial charge in [-0.3, -0.25) is 4.79 Å². The van der Waals surface area contributed by atoms with E-state index < -0.39 is 0 Å². The first-order valence-electron chi connectivity index (χ1n) is 7.58. The van der Waals surface area contributed by atoms with Gasteiger partial charge in [-0.05, 0) is 42.7 Å². The van der Waals surface area contributed by atoms with Crippen LogP contribution in [-0.2, 0) is 6.54 Å². The third kappa shape index (κ3) is 6.00. The Morgan fingerprint density at radius 3 is 2.43 bits per heavy atom. The van der Waals surface area contributed by atoms with Crippen molar-refractivity contribution in [3.63, 3.8) is 0 Å². The highest BCUT2D eigenvalue weighted by molar-refractivity contribution is 9.10. The standard InChI is InChI=1S/C19H20BrNO2/c20-17-10-8-16(9-11-17)19(23)13-18(7-4-12-22)21-14-15-5-2-1-3-6-15/h1-3,5-6,8-11,13,21-22H,4,7,12,14H2/b18-13+. The van der Waals surface area contributed by atoms with E-state index in [0.29, 0.717) is 24.9 Å². The maximum Gasteiger partial charge on any atom is 0.187 e. The Bertz CT molecular complexity index is 651. The van der Waals surface area contributed by atoms with Crippen molar-refractivity contribution >= 4 is 21.7 Å². The average molecular weight is 374 g/mol. The Hall–Kier alpha value is -1.91. The van der Waals surface area contributed by atoms with Gasteiger partial charge in [0.15, 0.2) is 5.78 Å². The first-order chi connectivity index (χ1) is 11.2. The van der Waals surface area contributed by atoms with Crippen molar-refractivity contribution in [1.29, 1.82) is 0 Å². The van der Waals surface area contributed by atoms with Crippen LogP contribution in [0.5, 0.6) is 0 Å². The second-order valence-electron chi connectivity index (χ2n) is 5.21. The summed E-state index contributed by atoms with van der Waals surface area (Å²) in [6, 6.07) is 17.3. The number of hydrogen-bond acceptors (Lipinski definition) is 3. The summed E-state index contributed by atoms with van der Waals surface area (Å²) in [4.78, 5) is 12.3. The number of allylic oxidation sites excluding steroid dienone is 2. The van der Waals surface area contributed by atoms with Crippen LogP contribution < -0.4 is 5.32 Å². The fraction of sp³-hybridized carbons (Fsp3) is 0.211. The number of benzene rings is 2. The maximum absolute atomic E-state index is 12.3. The van der Waals surface area contributed by atoms with Gasteiger partial charge in [0.2, 0.25) is 0 Å². The van der Waals surface area contributed by atoms with Gasteiger partial charge in [0.05, 0.1) is 0 Å². The molecule has 2 N–H and O–H groups in total. The number of aliphatic hydroxyl groups excluding tert-OH is 1. The van der Waals surface area contributed by atoms with Crippen LogP contribution in [0.1, 0.15) is 28.8 Å². The maximum atomic E-state index is 12.3. The number of hydrogen-bond donors (Lipinski definition) is 2. The molecule has 0 radical (unpaired) electrons. The van der Waals surface area contributed by atoms with Gasteiger partial charge in [-0.15, -0.1) is 0 Å². The van der Waals surface area contributed by atoms with E-state index >= 15 is 0 Å². The van der Waals surface area contributed by atoms with E-state index in [2.05, 4.69) is 21.2 Å². The Labute approximate surface area is 145 Å². The molecule has 0 aliphatic carbocycles. The highest BCUT2D eigenvalue weighted by Gasteiger charge is 2.06. The fourth-order valence-corrected chi connectivity index (χ4v) is 2.41. The zero-order chi connectivity index (χ0) is 16.5. The molecule has 0 atom stereocenters. The molecule has 0 heterocycles. The van der Waals surface area contributed by atoms with E-state index in [-0.39, 0.29) is 12.4 Å². The molecule has 0 aliphatic heterocycles. The lowest BCUT2D eigenvalue weighted by molar-refractivity contribution is 0.104. The van der Waals surface area contributed by atoms with Crippen LogP contribution in [0.15, 0.2) is 70.8 Å². The molecule has 0 aromatic heterocycles. The molecule has 3 nitrogen and oxygen atoms in total. The fourth-order valence-electron chi connectivity index (χ4n) is 2.15. The molecule has 0 saturated carbocycles. The van der Waals surface area contributed by atoms with Gasteiger partial charge in [-0.25, -0.2) is 0 Å². The summed E-state index contributed by atoms with van der Waals surface area (Å²) in [5.74, 6) is -0.0361. The van der Waals surface area contributed by atoms with Gasteiger partial charge >= 0.3 is 0 Å². The minimum atomic E-state index is -0.0361. The third-order valence-corrected chi connectivity index (χ3v) is 3.93. The predicted octanol–water partition coefficient (Wildman–Crippen LogP) is 4.08. The van der Waals surface area contributed by atoms with Gasteiger partial charge in [-0.2, -0.15) is 0 Å². The number of rotatable bonds is 8. The van der Waals surface area contributed by atoms with E-state index in [1.54, 1.807) is 18.2 Å².